The van der Waals surface area contributed by atoms with Crippen LogP contribution < -0.4 is 11.1 Å². The van der Waals surface area contributed by atoms with E-state index in [1.807, 2.05) is 0 Å². The molecule has 2 unspecified atom stereocenters. The first-order valence-electron chi connectivity index (χ1n) is 7.05. The minimum Gasteiger partial charge on any atom is -0.314 e. The molecule has 0 aliphatic carbocycles. The molecule has 2 nitrogen and oxygen atoms in total. The minimum absolute atomic E-state index is 0.180. The lowest BCUT2D eigenvalue weighted by Crippen LogP contribution is -2.52. The highest BCUT2D eigenvalue weighted by atomic mass is 15.1. The van der Waals surface area contributed by atoms with E-state index in [1.54, 1.807) is 0 Å². The van der Waals surface area contributed by atoms with Crippen LogP contribution in [0.1, 0.15) is 72.6 Å². The number of rotatable bonds is 10. The molecule has 0 fully saturated rings. The fraction of sp³-hybridized carbons (Fsp3) is 1.00. The lowest BCUT2D eigenvalue weighted by atomic mass is 9.96. The van der Waals surface area contributed by atoms with Crippen molar-refractivity contribution < 1.29 is 0 Å². The van der Waals surface area contributed by atoms with Crippen molar-refractivity contribution in [2.75, 3.05) is 6.54 Å². The van der Waals surface area contributed by atoms with Gasteiger partial charge in [-0.3, -0.25) is 5.32 Å². The van der Waals surface area contributed by atoms with E-state index in [4.69, 9.17) is 5.73 Å². The van der Waals surface area contributed by atoms with Crippen LogP contribution in [0.4, 0.5) is 0 Å². The third kappa shape index (κ3) is 9.17. The van der Waals surface area contributed by atoms with Crippen molar-refractivity contribution in [1.82, 2.24) is 5.32 Å². The van der Waals surface area contributed by atoms with Crippen molar-refractivity contribution in [2.45, 2.75) is 78.3 Å². The van der Waals surface area contributed by atoms with E-state index in [2.05, 4.69) is 33.0 Å². The first-order valence-corrected chi connectivity index (χ1v) is 7.05. The summed E-state index contributed by atoms with van der Waals surface area (Å²) in [5.41, 5.74) is 6.04. The number of unbranched alkanes of at least 4 members (excludes halogenated alkanes) is 4. The van der Waals surface area contributed by atoms with Crippen LogP contribution in [-0.2, 0) is 0 Å². The van der Waals surface area contributed by atoms with Crippen molar-refractivity contribution in [3.8, 4) is 0 Å². The van der Waals surface area contributed by atoms with E-state index < -0.39 is 0 Å². The SMILES string of the molecule is CCCCCCCNC(C)(N)CC(C)CC. The molecule has 0 saturated heterocycles. The van der Waals surface area contributed by atoms with Crippen LogP contribution in [0.15, 0.2) is 0 Å². The molecular weight excluding hydrogens is 196 g/mol. The van der Waals surface area contributed by atoms with Crippen LogP contribution in [0, 0.1) is 5.92 Å². The third-order valence-electron chi connectivity index (χ3n) is 3.28. The summed E-state index contributed by atoms with van der Waals surface area (Å²) in [5, 5.41) is 3.48. The van der Waals surface area contributed by atoms with Gasteiger partial charge in [0.25, 0.3) is 0 Å². The molecule has 3 N–H and O–H groups in total. The topological polar surface area (TPSA) is 38.0 Å². The molecule has 2 heteroatoms. The lowest BCUT2D eigenvalue weighted by molar-refractivity contribution is 0.285. The summed E-state index contributed by atoms with van der Waals surface area (Å²) < 4.78 is 0. The summed E-state index contributed by atoms with van der Waals surface area (Å²) in [6, 6.07) is 0. The van der Waals surface area contributed by atoms with Crippen molar-refractivity contribution in [2.24, 2.45) is 11.7 Å². The monoisotopic (exact) mass is 228 g/mol. The first kappa shape index (κ1) is 15.9. The van der Waals surface area contributed by atoms with Crippen LogP contribution in [0.25, 0.3) is 0 Å². The zero-order chi connectivity index (χ0) is 12.4. The molecule has 0 rings (SSSR count). The Morgan fingerprint density at radius 3 is 2.31 bits per heavy atom. The van der Waals surface area contributed by atoms with E-state index in [1.165, 1.54) is 38.5 Å². The summed E-state index contributed by atoms with van der Waals surface area (Å²) in [6.07, 6.45) is 8.92. The van der Waals surface area contributed by atoms with Gasteiger partial charge >= 0.3 is 0 Å². The molecule has 0 amide bonds. The van der Waals surface area contributed by atoms with Crippen LogP contribution in [0.2, 0.25) is 0 Å². The summed E-state index contributed by atoms with van der Waals surface area (Å²) >= 11 is 0. The van der Waals surface area contributed by atoms with Gasteiger partial charge in [0.1, 0.15) is 0 Å². The smallest absolute Gasteiger partial charge is 0.0635 e. The Morgan fingerprint density at radius 2 is 1.75 bits per heavy atom. The van der Waals surface area contributed by atoms with Gasteiger partial charge in [0, 0.05) is 0 Å². The summed E-state index contributed by atoms with van der Waals surface area (Å²) in [7, 11) is 0. The second-order valence-corrected chi connectivity index (χ2v) is 5.48. The Morgan fingerprint density at radius 1 is 1.12 bits per heavy atom. The number of nitrogens with one attached hydrogen (secondary N) is 1. The Balaban J connectivity index is 3.50. The van der Waals surface area contributed by atoms with Crippen molar-refractivity contribution in [3.63, 3.8) is 0 Å². The fourth-order valence-electron chi connectivity index (χ4n) is 2.04. The van der Waals surface area contributed by atoms with Crippen LogP contribution in [-0.4, -0.2) is 12.2 Å². The van der Waals surface area contributed by atoms with E-state index in [-0.39, 0.29) is 5.66 Å². The van der Waals surface area contributed by atoms with Gasteiger partial charge in [-0.25, -0.2) is 0 Å². The molecule has 16 heavy (non-hydrogen) atoms. The second kappa shape index (κ2) is 9.00. The highest BCUT2D eigenvalue weighted by Gasteiger charge is 2.19. The standard InChI is InChI=1S/C14H32N2/c1-5-7-8-9-10-11-16-14(4,15)12-13(3)6-2/h13,16H,5-12,15H2,1-4H3. The van der Waals surface area contributed by atoms with Gasteiger partial charge in [0.15, 0.2) is 0 Å². The van der Waals surface area contributed by atoms with E-state index in [0.29, 0.717) is 5.92 Å². The van der Waals surface area contributed by atoms with Gasteiger partial charge in [-0.2, -0.15) is 0 Å². The maximum Gasteiger partial charge on any atom is 0.0635 e. The summed E-state index contributed by atoms with van der Waals surface area (Å²) in [6.45, 7) is 9.93. The predicted molar refractivity (Wildman–Crippen MR) is 73.4 cm³/mol. The van der Waals surface area contributed by atoms with Crippen molar-refractivity contribution >= 4 is 0 Å². The molecule has 0 spiro atoms. The Labute approximate surface area is 102 Å². The third-order valence-corrected chi connectivity index (χ3v) is 3.28. The van der Waals surface area contributed by atoms with Gasteiger partial charge < -0.3 is 5.73 Å². The highest BCUT2D eigenvalue weighted by Crippen LogP contribution is 2.14. The molecule has 0 heterocycles. The largest absolute Gasteiger partial charge is 0.314 e. The Kier molecular flexibility index (Phi) is 8.96. The molecule has 0 aromatic heterocycles. The first-order chi connectivity index (χ1) is 7.52. The normalized spacial score (nSPS) is 17.1. The van der Waals surface area contributed by atoms with Gasteiger partial charge in [-0.05, 0) is 32.2 Å². The Hall–Kier alpha value is -0.0800. The molecular formula is C14H32N2. The molecule has 0 saturated carbocycles. The van der Waals surface area contributed by atoms with E-state index in [9.17, 15) is 0 Å². The second-order valence-electron chi connectivity index (χ2n) is 5.48. The Bertz CT molecular complexity index is 155. The van der Waals surface area contributed by atoms with Crippen LogP contribution in [0.5, 0.6) is 0 Å². The van der Waals surface area contributed by atoms with E-state index in [0.717, 1.165) is 13.0 Å². The molecule has 0 aliphatic heterocycles. The van der Waals surface area contributed by atoms with Gasteiger partial charge in [0.2, 0.25) is 0 Å². The molecule has 0 radical (unpaired) electrons. The number of hydrogen-bond donors (Lipinski definition) is 2. The average Bonchev–Trinajstić information content (AvgIpc) is 2.22. The lowest BCUT2D eigenvalue weighted by Gasteiger charge is -2.29. The van der Waals surface area contributed by atoms with Gasteiger partial charge in [-0.1, -0.05) is 52.9 Å². The highest BCUT2D eigenvalue weighted by molar-refractivity contribution is 4.77. The molecule has 0 bridgehead atoms. The molecule has 0 aliphatic rings. The number of hydrogen-bond acceptors (Lipinski definition) is 2. The molecule has 98 valence electrons. The summed E-state index contributed by atoms with van der Waals surface area (Å²) in [5.74, 6) is 0.711. The van der Waals surface area contributed by atoms with Gasteiger partial charge in [0.05, 0.1) is 5.66 Å². The van der Waals surface area contributed by atoms with E-state index >= 15 is 0 Å². The van der Waals surface area contributed by atoms with Crippen LogP contribution >= 0.6 is 0 Å². The predicted octanol–water partition coefficient (Wildman–Crippen LogP) is 3.66. The average molecular weight is 228 g/mol. The summed E-state index contributed by atoms with van der Waals surface area (Å²) in [4.78, 5) is 0. The maximum atomic E-state index is 6.22. The maximum absolute atomic E-state index is 6.22. The molecule has 0 aromatic rings. The van der Waals surface area contributed by atoms with Crippen molar-refractivity contribution in [1.29, 1.82) is 0 Å². The molecule has 2 atom stereocenters. The fourth-order valence-corrected chi connectivity index (χ4v) is 2.04. The van der Waals surface area contributed by atoms with Gasteiger partial charge in [-0.15, -0.1) is 0 Å². The zero-order valence-corrected chi connectivity index (χ0v) is 11.8. The molecule has 0 aromatic carbocycles. The zero-order valence-electron chi connectivity index (χ0n) is 11.8. The quantitative estimate of drug-likeness (QED) is 0.442. The number of nitrogens with two attached hydrogens (primary N) is 1. The minimum atomic E-state index is -0.180. The van der Waals surface area contributed by atoms with Crippen LogP contribution in [0.3, 0.4) is 0 Å². The van der Waals surface area contributed by atoms with Crippen molar-refractivity contribution in [3.05, 3.63) is 0 Å².